The maximum absolute atomic E-state index is 5.85. The molecular formula is C13H17ClN. The van der Waals surface area contributed by atoms with E-state index >= 15 is 0 Å². The van der Waals surface area contributed by atoms with Crippen LogP contribution in [0.25, 0.3) is 0 Å². The normalized spacial score (nSPS) is 17.7. The molecule has 1 nitrogen and oxygen atoms in total. The molecule has 81 valence electrons. The lowest BCUT2D eigenvalue weighted by Crippen LogP contribution is -2.47. The highest BCUT2D eigenvalue weighted by Crippen LogP contribution is 2.21. The summed E-state index contributed by atoms with van der Waals surface area (Å²) in [5.74, 6) is 0.831. The molecule has 0 atom stereocenters. The molecule has 0 amide bonds. The lowest BCUT2D eigenvalue weighted by molar-refractivity contribution is 0.103. The van der Waals surface area contributed by atoms with Gasteiger partial charge in [-0.1, -0.05) is 30.7 Å². The number of benzene rings is 1. The van der Waals surface area contributed by atoms with Crippen LogP contribution in [0.5, 0.6) is 0 Å². The molecule has 1 saturated heterocycles. The summed E-state index contributed by atoms with van der Waals surface area (Å²) >= 11 is 5.85. The maximum Gasteiger partial charge on any atom is 0.0406 e. The van der Waals surface area contributed by atoms with Gasteiger partial charge in [0.05, 0.1) is 0 Å². The highest BCUT2D eigenvalue weighted by Gasteiger charge is 2.25. The van der Waals surface area contributed by atoms with Gasteiger partial charge in [0.1, 0.15) is 0 Å². The second kappa shape index (κ2) is 5.00. The molecule has 1 aromatic carbocycles. The molecule has 1 aromatic rings. The van der Waals surface area contributed by atoms with Gasteiger partial charge in [0, 0.05) is 18.1 Å². The maximum atomic E-state index is 5.85. The van der Waals surface area contributed by atoms with Crippen molar-refractivity contribution in [1.29, 1.82) is 0 Å². The fourth-order valence-corrected chi connectivity index (χ4v) is 2.29. The minimum Gasteiger partial charge on any atom is -0.303 e. The van der Waals surface area contributed by atoms with Crippen molar-refractivity contribution >= 4 is 11.6 Å². The van der Waals surface area contributed by atoms with Gasteiger partial charge in [-0.15, -0.1) is 0 Å². The molecule has 0 bridgehead atoms. The van der Waals surface area contributed by atoms with Crippen LogP contribution in [-0.2, 0) is 6.42 Å². The molecule has 0 saturated carbocycles. The van der Waals surface area contributed by atoms with Gasteiger partial charge in [-0.05, 0) is 43.0 Å². The smallest absolute Gasteiger partial charge is 0.0406 e. The van der Waals surface area contributed by atoms with Crippen molar-refractivity contribution in [3.63, 3.8) is 0 Å². The van der Waals surface area contributed by atoms with Gasteiger partial charge < -0.3 is 4.90 Å². The van der Waals surface area contributed by atoms with E-state index in [0.717, 1.165) is 23.9 Å². The first-order valence-electron chi connectivity index (χ1n) is 5.54. The van der Waals surface area contributed by atoms with Crippen LogP contribution in [0, 0.1) is 12.8 Å². The summed E-state index contributed by atoms with van der Waals surface area (Å²) in [6.45, 7) is 7.49. The first-order valence-corrected chi connectivity index (χ1v) is 5.92. The van der Waals surface area contributed by atoms with E-state index in [1.54, 1.807) is 0 Å². The zero-order valence-electron chi connectivity index (χ0n) is 8.95. The molecule has 0 N–H and O–H groups in total. The highest BCUT2D eigenvalue weighted by molar-refractivity contribution is 6.30. The van der Waals surface area contributed by atoms with Crippen LogP contribution in [0.15, 0.2) is 24.3 Å². The minimum absolute atomic E-state index is 0.825. The van der Waals surface area contributed by atoms with Crippen LogP contribution in [-0.4, -0.2) is 24.5 Å². The number of hydrogen-bond acceptors (Lipinski definition) is 1. The van der Waals surface area contributed by atoms with Gasteiger partial charge in [-0.2, -0.15) is 0 Å². The average molecular weight is 223 g/mol. The molecular weight excluding hydrogens is 206 g/mol. The van der Waals surface area contributed by atoms with Gasteiger partial charge in [-0.25, -0.2) is 0 Å². The lowest BCUT2D eigenvalue weighted by atomic mass is 9.92. The van der Waals surface area contributed by atoms with Gasteiger partial charge in [0.2, 0.25) is 0 Å². The number of rotatable bonds is 4. The molecule has 2 rings (SSSR count). The fraction of sp³-hybridized carbons (Fsp3) is 0.462. The standard InChI is InChI=1S/C13H17ClN/c1-2-7-15-9-12(10-15)8-11-3-5-13(14)6-4-11/h3-6,12H,1-2,7-10H2. The summed E-state index contributed by atoms with van der Waals surface area (Å²) in [6, 6.07) is 8.21. The zero-order valence-corrected chi connectivity index (χ0v) is 9.71. The fourth-order valence-electron chi connectivity index (χ4n) is 2.17. The monoisotopic (exact) mass is 222 g/mol. The van der Waals surface area contributed by atoms with Crippen LogP contribution < -0.4 is 0 Å². The van der Waals surface area contributed by atoms with Crippen LogP contribution in [0.1, 0.15) is 12.0 Å². The highest BCUT2D eigenvalue weighted by atomic mass is 35.5. The Labute approximate surface area is 97.0 Å². The van der Waals surface area contributed by atoms with Crippen molar-refractivity contribution < 1.29 is 0 Å². The van der Waals surface area contributed by atoms with E-state index in [1.807, 2.05) is 12.1 Å². The van der Waals surface area contributed by atoms with Crippen molar-refractivity contribution in [3.8, 4) is 0 Å². The van der Waals surface area contributed by atoms with Gasteiger partial charge in [0.25, 0.3) is 0 Å². The van der Waals surface area contributed by atoms with Crippen LogP contribution in [0.3, 0.4) is 0 Å². The van der Waals surface area contributed by atoms with Crippen molar-refractivity contribution in [2.75, 3.05) is 19.6 Å². The largest absolute Gasteiger partial charge is 0.303 e. The Kier molecular flexibility index (Phi) is 3.66. The van der Waals surface area contributed by atoms with E-state index in [0.29, 0.717) is 0 Å². The number of likely N-dealkylation sites (tertiary alicyclic amines) is 1. The Morgan fingerprint density at radius 2 is 1.93 bits per heavy atom. The zero-order chi connectivity index (χ0) is 10.7. The molecule has 0 aliphatic carbocycles. The Morgan fingerprint density at radius 1 is 1.27 bits per heavy atom. The topological polar surface area (TPSA) is 3.24 Å². The first-order chi connectivity index (χ1) is 7.28. The van der Waals surface area contributed by atoms with Crippen molar-refractivity contribution in [3.05, 3.63) is 41.8 Å². The van der Waals surface area contributed by atoms with Gasteiger partial charge >= 0.3 is 0 Å². The second-order valence-corrected chi connectivity index (χ2v) is 4.75. The van der Waals surface area contributed by atoms with E-state index in [-0.39, 0.29) is 0 Å². The lowest BCUT2D eigenvalue weighted by Gasteiger charge is -2.39. The molecule has 1 fully saturated rings. The molecule has 1 aliphatic rings. The quantitative estimate of drug-likeness (QED) is 0.757. The van der Waals surface area contributed by atoms with E-state index in [4.69, 9.17) is 11.6 Å². The molecule has 0 unspecified atom stereocenters. The van der Waals surface area contributed by atoms with Crippen molar-refractivity contribution in [2.45, 2.75) is 12.8 Å². The van der Waals surface area contributed by atoms with Gasteiger partial charge in [0.15, 0.2) is 0 Å². The van der Waals surface area contributed by atoms with Gasteiger partial charge in [-0.3, -0.25) is 0 Å². The minimum atomic E-state index is 0.825. The number of halogens is 1. The molecule has 1 radical (unpaired) electrons. The molecule has 2 heteroatoms. The molecule has 0 spiro atoms. The average Bonchev–Trinajstić information content (AvgIpc) is 2.18. The summed E-state index contributed by atoms with van der Waals surface area (Å²) in [6.07, 6.45) is 2.21. The Morgan fingerprint density at radius 3 is 2.53 bits per heavy atom. The SMILES string of the molecule is [CH2]CCN1CC(Cc2ccc(Cl)cc2)C1. The molecule has 1 aliphatic heterocycles. The Bertz CT molecular complexity index is 301. The predicted molar refractivity (Wildman–Crippen MR) is 65.1 cm³/mol. The molecule has 1 heterocycles. The van der Waals surface area contributed by atoms with E-state index in [2.05, 4.69) is 24.0 Å². The Hall–Kier alpha value is -0.530. The summed E-state index contributed by atoms with van der Waals surface area (Å²) in [5.41, 5.74) is 1.40. The second-order valence-electron chi connectivity index (χ2n) is 4.31. The predicted octanol–water partition coefficient (Wildman–Crippen LogP) is 3.04. The van der Waals surface area contributed by atoms with Crippen molar-refractivity contribution in [2.24, 2.45) is 5.92 Å². The summed E-state index contributed by atoms with van der Waals surface area (Å²) < 4.78 is 0. The summed E-state index contributed by atoms with van der Waals surface area (Å²) in [4.78, 5) is 2.47. The molecule has 15 heavy (non-hydrogen) atoms. The van der Waals surface area contributed by atoms with Crippen molar-refractivity contribution in [1.82, 2.24) is 4.90 Å². The van der Waals surface area contributed by atoms with Crippen LogP contribution >= 0.6 is 11.6 Å². The first kappa shape index (κ1) is 11.0. The number of hydrogen-bond donors (Lipinski definition) is 0. The summed E-state index contributed by atoms with van der Waals surface area (Å²) in [5, 5.41) is 0.825. The molecule has 0 aromatic heterocycles. The third kappa shape index (κ3) is 2.96. The summed E-state index contributed by atoms with van der Waals surface area (Å²) in [7, 11) is 0. The van der Waals surface area contributed by atoms with E-state index in [1.165, 1.54) is 25.1 Å². The van der Waals surface area contributed by atoms with Crippen LogP contribution in [0.4, 0.5) is 0 Å². The van der Waals surface area contributed by atoms with Crippen LogP contribution in [0.2, 0.25) is 5.02 Å². The van der Waals surface area contributed by atoms with E-state index < -0.39 is 0 Å². The number of nitrogens with zero attached hydrogens (tertiary/aromatic N) is 1. The third-order valence-electron chi connectivity index (χ3n) is 2.94. The van der Waals surface area contributed by atoms with E-state index in [9.17, 15) is 0 Å². The Balaban J connectivity index is 1.77. The third-order valence-corrected chi connectivity index (χ3v) is 3.20.